The Hall–Kier alpha value is -0.690. The highest BCUT2D eigenvalue weighted by Crippen LogP contribution is 2.00. The summed E-state index contributed by atoms with van der Waals surface area (Å²) in [4.78, 5) is 11.2. The molecule has 0 aliphatic heterocycles. The van der Waals surface area contributed by atoms with Crippen LogP contribution in [-0.2, 0) is 4.79 Å². The number of aliphatic hydroxyl groups excluding tert-OH is 4. The molecule has 0 rings (SSSR count). The van der Waals surface area contributed by atoms with Gasteiger partial charge in [-0.15, -0.1) is 0 Å². The Labute approximate surface area is 88.5 Å². The molecule has 0 spiro atoms. The normalized spacial score (nSPS) is 16.9. The zero-order valence-corrected chi connectivity index (χ0v) is 8.76. The largest absolute Gasteiger partial charge is 0.394 e. The SMILES string of the molecule is CCCCNC(=O)C(O)C(O)C(O)CO. The summed E-state index contributed by atoms with van der Waals surface area (Å²) >= 11 is 0. The number of aliphatic hydroxyl groups is 4. The van der Waals surface area contributed by atoms with Crippen LogP contribution in [0.1, 0.15) is 19.8 Å². The second-order valence-electron chi connectivity index (χ2n) is 3.33. The first kappa shape index (κ1) is 14.3. The van der Waals surface area contributed by atoms with Gasteiger partial charge < -0.3 is 25.7 Å². The average molecular weight is 221 g/mol. The molecule has 0 saturated heterocycles. The number of carbonyl (C=O) groups is 1. The second-order valence-corrected chi connectivity index (χ2v) is 3.33. The zero-order chi connectivity index (χ0) is 11.8. The Morgan fingerprint density at radius 2 is 1.93 bits per heavy atom. The molecule has 6 nitrogen and oxygen atoms in total. The molecule has 0 saturated carbocycles. The maximum Gasteiger partial charge on any atom is 0.251 e. The summed E-state index contributed by atoms with van der Waals surface area (Å²) in [7, 11) is 0. The predicted octanol–water partition coefficient (Wildman–Crippen LogP) is -2.02. The van der Waals surface area contributed by atoms with Crippen LogP contribution >= 0.6 is 0 Å². The molecule has 0 aromatic rings. The van der Waals surface area contributed by atoms with Crippen molar-refractivity contribution in [2.75, 3.05) is 13.2 Å². The van der Waals surface area contributed by atoms with Crippen molar-refractivity contribution in [1.82, 2.24) is 5.32 Å². The molecule has 5 N–H and O–H groups in total. The number of amides is 1. The van der Waals surface area contributed by atoms with E-state index in [1.165, 1.54) is 0 Å². The summed E-state index contributed by atoms with van der Waals surface area (Å²) in [5, 5.41) is 38.3. The van der Waals surface area contributed by atoms with Crippen LogP contribution < -0.4 is 5.32 Å². The van der Waals surface area contributed by atoms with E-state index in [0.717, 1.165) is 12.8 Å². The number of hydrogen-bond donors (Lipinski definition) is 5. The molecule has 3 atom stereocenters. The summed E-state index contributed by atoms with van der Waals surface area (Å²) < 4.78 is 0. The van der Waals surface area contributed by atoms with Gasteiger partial charge in [0.25, 0.3) is 5.91 Å². The van der Waals surface area contributed by atoms with E-state index in [-0.39, 0.29) is 0 Å². The summed E-state index contributed by atoms with van der Waals surface area (Å²) in [6.45, 7) is 1.65. The maximum atomic E-state index is 11.2. The van der Waals surface area contributed by atoms with Gasteiger partial charge in [0.2, 0.25) is 0 Å². The third-order valence-corrected chi connectivity index (χ3v) is 2.00. The van der Waals surface area contributed by atoms with Crippen LogP contribution in [0.3, 0.4) is 0 Å². The van der Waals surface area contributed by atoms with Gasteiger partial charge in [-0.05, 0) is 6.42 Å². The molecule has 0 radical (unpaired) electrons. The van der Waals surface area contributed by atoms with Crippen LogP contribution in [0.5, 0.6) is 0 Å². The molecule has 0 fully saturated rings. The smallest absolute Gasteiger partial charge is 0.251 e. The van der Waals surface area contributed by atoms with Crippen LogP contribution in [0.2, 0.25) is 0 Å². The van der Waals surface area contributed by atoms with Crippen molar-refractivity contribution in [1.29, 1.82) is 0 Å². The van der Waals surface area contributed by atoms with Crippen LogP contribution in [0.4, 0.5) is 0 Å². The molecule has 0 bridgehead atoms. The van der Waals surface area contributed by atoms with Crippen molar-refractivity contribution in [3.8, 4) is 0 Å². The van der Waals surface area contributed by atoms with E-state index in [2.05, 4.69) is 5.32 Å². The van der Waals surface area contributed by atoms with Crippen molar-refractivity contribution >= 4 is 5.91 Å². The Balaban J connectivity index is 3.96. The van der Waals surface area contributed by atoms with Gasteiger partial charge in [0.1, 0.15) is 12.2 Å². The minimum atomic E-state index is -1.72. The lowest BCUT2D eigenvalue weighted by atomic mass is 10.1. The predicted molar refractivity (Wildman–Crippen MR) is 53.0 cm³/mol. The number of carbonyl (C=O) groups excluding carboxylic acids is 1. The van der Waals surface area contributed by atoms with E-state index < -0.39 is 30.8 Å². The van der Waals surface area contributed by atoms with Gasteiger partial charge in [-0.3, -0.25) is 4.79 Å². The van der Waals surface area contributed by atoms with E-state index in [9.17, 15) is 15.0 Å². The fraction of sp³-hybridized carbons (Fsp3) is 0.889. The third kappa shape index (κ3) is 5.08. The Morgan fingerprint density at radius 1 is 1.33 bits per heavy atom. The standard InChI is InChI=1S/C9H19NO5/c1-2-3-4-10-9(15)8(14)7(13)6(12)5-11/h6-8,11-14H,2-5H2,1H3,(H,10,15). The van der Waals surface area contributed by atoms with E-state index in [1.807, 2.05) is 6.92 Å². The quantitative estimate of drug-likeness (QED) is 0.319. The third-order valence-electron chi connectivity index (χ3n) is 2.00. The van der Waals surface area contributed by atoms with Gasteiger partial charge in [-0.2, -0.15) is 0 Å². The van der Waals surface area contributed by atoms with Gasteiger partial charge in [0, 0.05) is 6.54 Å². The molecule has 0 aliphatic rings. The molecule has 0 aliphatic carbocycles. The topological polar surface area (TPSA) is 110 Å². The monoisotopic (exact) mass is 221 g/mol. The van der Waals surface area contributed by atoms with Crippen LogP contribution in [0.15, 0.2) is 0 Å². The van der Waals surface area contributed by atoms with Crippen LogP contribution in [-0.4, -0.2) is 57.8 Å². The number of hydrogen-bond acceptors (Lipinski definition) is 5. The van der Waals surface area contributed by atoms with E-state index >= 15 is 0 Å². The number of rotatable bonds is 7. The van der Waals surface area contributed by atoms with Gasteiger partial charge >= 0.3 is 0 Å². The average Bonchev–Trinajstić information content (AvgIpc) is 2.26. The molecular formula is C9H19NO5. The molecule has 6 heteroatoms. The zero-order valence-electron chi connectivity index (χ0n) is 8.76. The maximum absolute atomic E-state index is 11.2. The lowest BCUT2D eigenvalue weighted by molar-refractivity contribution is -0.142. The van der Waals surface area contributed by atoms with Crippen molar-refractivity contribution in [2.45, 2.75) is 38.1 Å². The van der Waals surface area contributed by atoms with Crippen molar-refractivity contribution in [3.63, 3.8) is 0 Å². The fourth-order valence-corrected chi connectivity index (χ4v) is 0.966. The van der Waals surface area contributed by atoms with E-state index in [1.54, 1.807) is 0 Å². The summed E-state index contributed by atoms with van der Waals surface area (Å²) in [6.07, 6.45) is -3.23. The molecular weight excluding hydrogens is 202 g/mol. The summed E-state index contributed by atoms with van der Waals surface area (Å²) in [6, 6.07) is 0. The molecule has 15 heavy (non-hydrogen) atoms. The van der Waals surface area contributed by atoms with Gasteiger partial charge in [0.15, 0.2) is 6.10 Å². The molecule has 90 valence electrons. The highest BCUT2D eigenvalue weighted by molar-refractivity contribution is 5.81. The van der Waals surface area contributed by atoms with Crippen molar-refractivity contribution in [3.05, 3.63) is 0 Å². The Bertz CT molecular complexity index is 187. The number of unbranched alkanes of at least 4 members (excludes halogenated alkanes) is 1. The fourth-order valence-electron chi connectivity index (χ4n) is 0.966. The molecule has 3 unspecified atom stereocenters. The van der Waals surface area contributed by atoms with Crippen LogP contribution in [0.25, 0.3) is 0 Å². The lowest BCUT2D eigenvalue weighted by Crippen LogP contribution is -2.48. The number of nitrogens with one attached hydrogen (secondary N) is 1. The molecule has 0 aromatic heterocycles. The van der Waals surface area contributed by atoms with Crippen molar-refractivity contribution < 1.29 is 25.2 Å². The first-order chi connectivity index (χ1) is 7.04. The minimum absolute atomic E-state index is 0.411. The Kier molecular flexibility index (Phi) is 7.23. The lowest BCUT2D eigenvalue weighted by Gasteiger charge is -2.20. The van der Waals surface area contributed by atoms with Crippen LogP contribution in [0, 0.1) is 0 Å². The van der Waals surface area contributed by atoms with Gasteiger partial charge in [-0.25, -0.2) is 0 Å². The molecule has 0 heterocycles. The Morgan fingerprint density at radius 3 is 2.40 bits per heavy atom. The van der Waals surface area contributed by atoms with Gasteiger partial charge in [-0.1, -0.05) is 13.3 Å². The molecule has 1 amide bonds. The summed E-state index contributed by atoms with van der Waals surface area (Å²) in [5.41, 5.74) is 0. The van der Waals surface area contributed by atoms with Gasteiger partial charge in [0.05, 0.1) is 6.61 Å². The first-order valence-corrected chi connectivity index (χ1v) is 4.97. The summed E-state index contributed by atoms with van der Waals surface area (Å²) in [5.74, 6) is -0.747. The van der Waals surface area contributed by atoms with Crippen molar-refractivity contribution in [2.24, 2.45) is 0 Å². The first-order valence-electron chi connectivity index (χ1n) is 4.97. The highest BCUT2D eigenvalue weighted by atomic mass is 16.4. The highest BCUT2D eigenvalue weighted by Gasteiger charge is 2.29. The minimum Gasteiger partial charge on any atom is -0.394 e. The molecule has 0 aromatic carbocycles. The second kappa shape index (κ2) is 7.58. The van der Waals surface area contributed by atoms with E-state index in [0.29, 0.717) is 6.54 Å². The van der Waals surface area contributed by atoms with E-state index in [4.69, 9.17) is 10.2 Å².